The molecule has 1 aromatic carbocycles. The van der Waals surface area contributed by atoms with Gasteiger partial charge < -0.3 is 9.84 Å². The Bertz CT molecular complexity index is 490. The van der Waals surface area contributed by atoms with Gasteiger partial charge in [0.1, 0.15) is 11.3 Å². The number of benzene rings is 1. The maximum atomic E-state index is 11.5. The van der Waals surface area contributed by atoms with Gasteiger partial charge in [-0.15, -0.1) is 0 Å². The lowest BCUT2D eigenvalue weighted by Crippen LogP contribution is -2.17. The molecule has 0 fully saturated rings. The Balaban J connectivity index is 3.25. The summed E-state index contributed by atoms with van der Waals surface area (Å²) < 4.78 is 4.52. The van der Waals surface area contributed by atoms with Crippen LogP contribution in [0.15, 0.2) is 35.6 Å². The van der Waals surface area contributed by atoms with Crippen molar-refractivity contribution in [3.05, 3.63) is 46.2 Å². The molecule has 0 aliphatic carbocycles. The molecule has 4 nitrogen and oxygen atoms in total. The third-order valence-corrected chi connectivity index (χ3v) is 2.47. The molecule has 0 saturated heterocycles. The van der Waals surface area contributed by atoms with E-state index in [2.05, 4.69) is 4.74 Å². The van der Waals surface area contributed by atoms with Gasteiger partial charge in [-0.1, -0.05) is 29.8 Å². The van der Waals surface area contributed by atoms with Crippen molar-refractivity contribution in [1.29, 1.82) is 5.41 Å². The molecule has 0 spiro atoms. The minimum Gasteiger partial charge on any atom is -0.512 e. The monoisotopic (exact) mass is 253 g/mol. The first kappa shape index (κ1) is 13.3. The lowest BCUT2D eigenvalue weighted by molar-refractivity contribution is -0.135. The van der Waals surface area contributed by atoms with Crippen molar-refractivity contribution >= 4 is 23.3 Å². The lowest BCUT2D eigenvalue weighted by atomic mass is 10.0. The van der Waals surface area contributed by atoms with E-state index < -0.39 is 5.97 Å². The molecule has 0 aromatic heterocycles. The highest BCUT2D eigenvalue weighted by Gasteiger charge is 2.21. The average Bonchev–Trinajstić information content (AvgIpc) is 2.28. The summed E-state index contributed by atoms with van der Waals surface area (Å²) in [5.74, 6) is -1.04. The van der Waals surface area contributed by atoms with Crippen LogP contribution in [-0.4, -0.2) is 23.9 Å². The minimum atomic E-state index is -0.769. The third-order valence-electron chi connectivity index (χ3n) is 2.14. The van der Waals surface area contributed by atoms with Crippen molar-refractivity contribution in [2.24, 2.45) is 0 Å². The van der Waals surface area contributed by atoms with E-state index in [-0.39, 0.29) is 17.0 Å². The van der Waals surface area contributed by atoms with Crippen LogP contribution >= 0.6 is 11.6 Å². The molecule has 1 rings (SSSR count). The summed E-state index contributed by atoms with van der Waals surface area (Å²) in [4.78, 5) is 11.5. The molecule has 17 heavy (non-hydrogen) atoms. The number of hydrogen-bond acceptors (Lipinski definition) is 4. The van der Waals surface area contributed by atoms with Crippen LogP contribution in [0, 0.1) is 5.41 Å². The largest absolute Gasteiger partial charge is 0.512 e. The van der Waals surface area contributed by atoms with Crippen LogP contribution in [0.2, 0.25) is 5.02 Å². The minimum absolute atomic E-state index is 0.164. The molecule has 0 saturated carbocycles. The van der Waals surface area contributed by atoms with Gasteiger partial charge in [0, 0.05) is 10.6 Å². The Morgan fingerprint density at radius 2 is 2.00 bits per heavy atom. The second kappa shape index (κ2) is 5.50. The predicted octanol–water partition coefficient (Wildman–Crippen LogP) is 2.71. The van der Waals surface area contributed by atoms with E-state index in [9.17, 15) is 9.90 Å². The van der Waals surface area contributed by atoms with Crippen molar-refractivity contribution in [2.75, 3.05) is 7.11 Å². The molecule has 5 heteroatoms. The van der Waals surface area contributed by atoms with Crippen LogP contribution in [-0.2, 0) is 9.53 Å². The average molecular weight is 254 g/mol. The van der Waals surface area contributed by atoms with E-state index in [4.69, 9.17) is 17.0 Å². The quantitative estimate of drug-likeness (QED) is 0.377. The first-order valence-electron chi connectivity index (χ1n) is 4.81. The second-order valence-corrected chi connectivity index (χ2v) is 3.71. The zero-order valence-electron chi connectivity index (χ0n) is 9.45. The van der Waals surface area contributed by atoms with E-state index >= 15 is 0 Å². The number of aliphatic hydroxyl groups is 1. The van der Waals surface area contributed by atoms with Crippen LogP contribution in [0.4, 0.5) is 0 Å². The number of halogens is 1. The molecule has 0 amide bonds. The first-order valence-corrected chi connectivity index (χ1v) is 5.18. The normalized spacial score (nSPS) is 11.7. The Labute approximate surface area is 104 Å². The van der Waals surface area contributed by atoms with Gasteiger partial charge in [0.25, 0.3) is 0 Å². The maximum Gasteiger partial charge on any atom is 0.343 e. The molecule has 1 aromatic rings. The molecule has 0 bridgehead atoms. The highest BCUT2D eigenvalue weighted by Crippen LogP contribution is 2.20. The van der Waals surface area contributed by atoms with Crippen LogP contribution < -0.4 is 0 Å². The van der Waals surface area contributed by atoms with Crippen LogP contribution in [0.25, 0.3) is 0 Å². The fourth-order valence-electron chi connectivity index (χ4n) is 1.33. The standard InChI is InChI=1S/C12H12ClNO3/c1-7(15)10(12(16)17-2)11(14)8-5-3-4-6-9(8)13/h3-6,14-15H,1-2H3. The van der Waals surface area contributed by atoms with E-state index in [1.54, 1.807) is 24.3 Å². The van der Waals surface area contributed by atoms with Crippen molar-refractivity contribution in [1.82, 2.24) is 0 Å². The maximum absolute atomic E-state index is 11.5. The molecule has 90 valence electrons. The summed E-state index contributed by atoms with van der Waals surface area (Å²) >= 11 is 5.92. The predicted molar refractivity (Wildman–Crippen MR) is 65.6 cm³/mol. The van der Waals surface area contributed by atoms with Crippen LogP contribution in [0.5, 0.6) is 0 Å². The zero-order valence-corrected chi connectivity index (χ0v) is 10.2. The fourth-order valence-corrected chi connectivity index (χ4v) is 1.56. The van der Waals surface area contributed by atoms with E-state index in [0.29, 0.717) is 10.6 Å². The topological polar surface area (TPSA) is 70.4 Å². The SMILES string of the molecule is COC(=O)C(C(=N)c1ccccc1Cl)=C(C)O. The molecule has 0 heterocycles. The van der Waals surface area contributed by atoms with Crippen molar-refractivity contribution in [2.45, 2.75) is 6.92 Å². The van der Waals surface area contributed by atoms with Gasteiger partial charge in [0.2, 0.25) is 0 Å². The Hall–Kier alpha value is -1.81. The summed E-state index contributed by atoms with van der Waals surface area (Å²) in [6, 6.07) is 6.60. The van der Waals surface area contributed by atoms with Crippen LogP contribution in [0.3, 0.4) is 0 Å². The number of allylic oxidation sites excluding steroid dienone is 1. The number of aliphatic hydroxyl groups excluding tert-OH is 1. The number of carbonyl (C=O) groups is 1. The number of esters is 1. The molecule has 0 atom stereocenters. The molecule has 0 radical (unpaired) electrons. The summed E-state index contributed by atoms with van der Waals surface area (Å²) in [5, 5.41) is 17.7. The molecule has 0 unspecified atom stereocenters. The van der Waals surface area contributed by atoms with Crippen molar-refractivity contribution in [3.8, 4) is 0 Å². The zero-order chi connectivity index (χ0) is 13.0. The molecular weight excluding hydrogens is 242 g/mol. The lowest BCUT2D eigenvalue weighted by Gasteiger charge is -2.09. The van der Waals surface area contributed by atoms with Gasteiger partial charge in [-0.2, -0.15) is 0 Å². The number of carbonyl (C=O) groups excluding carboxylic acids is 1. The van der Waals surface area contributed by atoms with Gasteiger partial charge in [-0.25, -0.2) is 4.79 Å². The first-order chi connectivity index (χ1) is 7.99. The summed E-state index contributed by atoms with van der Waals surface area (Å²) in [6.07, 6.45) is 0. The summed E-state index contributed by atoms with van der Waals surface area (Å²) in [6.45, 7) is 1.32. The van der Waals surface area contributed by atoms with Gasteiger partial charge >= 0.3 is 5.97 Å². The van der Waals surface area contributed by atoms with Crippen LogP contribution in [0.1, 0.15) is 12.5 Å². The highest BCUT2D eigenvalue weighted by atomic mass is 35.5. The molecule has 0 aliphatic rings. The Morgan fingerprint density at radius 1 is 1.41 bits per heavy atom. The Kier molecular flexibility index (Phi) is 4.29. The molecule has 2 N–H and O–H groups in total. The fraction of sp³-hybridized carbons (Fsp3) is 0.167. The molecule has 0 aliphatic heterocycles. The molecular formula is C12H12ClNO3. The van der Waals surface area contributed by atoms with E-state index in [1.807, 2.05) is 0 Å². The van der Waals surface area contributed by atoms with Gasteiger partial charge in [0.15, 0.2) is 0 Å². The summed E-state index contributed by atoms with van der Waals surface area (Å²) in [5.41, 5.74) is 0.00557. The van der Waals surface area contributed by atoms with Gasteiger partial charge in [-0.05, 0) is 13.0 Å². The van der Waals surface area contributed by atoms with Crippen molar-refractivity contribution in [3.63, 3.8) is 0 Å². The second-order valence-electron chi connectivity index (χ2n) is 3.31. The highest BCUT2D eigenvalue weighted by molar-refractivity contribution is 6.37. The van der Waals surface area contributed by atoms with E-state index in [1.165, 1.54) is 14.0 Å². The van der Waals surface area contributed by atoms with Gasteiger partial charge in [-0.3, -0.25) is 5.41 Å². The number of hydrogen-bond donors (Lipinski definition) is 2. The number of rotatable bonds is 3. The summed E-state index contributed by atoms with van der Waals surface area (Å²) in [7, 11) is 1.19. The number of nitrogens with one attached hydrogen (secondary N) is 1. The third kappa shape index (κ3) is 2.85. The number of methoxy groups -OCH3 is 1. The van der Waals surface area contributed by atoms with Crippen molar-refractivity contribution < 1.29 is 14.6 Å². The Morgan fingerprint density at radius 3 is 2.47 bits per heavy atom. The smallest absolute Gasteiger partial charge is 0.343 e. The van der Waals surface area contributed by atoms with E-state index in [0.717, 1.165) is 0 Å². The van der Waals surface area contributed by atoms with Gasteiger partial charge in [0.05, 0.1) is 12.8 Å². The number of ether oxygens (including phenoxy) is 1.